The molecule has 1 aromatic carbocycles. The van der Waals surface area contributed by atoms with E-state index in [0.29, 0.717) is 16.7 Å². The highest BCUT2D eigenvalue weighted by molar-refractivity contribution is 7.99. The maximum absolute atomic E-state index is 11.4. The Morgan fingerprint density at radius 2 is 1.96 bits per heavy atom. The summed E-state index contributed by atoms with van der Waals surface area (Å²) in [5, 5.41) is 0.658. The van der Waals surface area contributed by atoms with Crippen molar-refractivity contribution >= 4 is 23.4 Å². The first-order valence-electron chi connectivity index (χ1n) is 7.42. The zero-order valence-electron chi connectivity index (χ0n) is 14.1. The number of ether oxygens (including phenoxy) is 3. The summed E-state index contributed by atoms with van der Waals surface area (Å²) in [6, 6.07) is 7.46. The number of imidazole rings is 1. The first-order chi connectivity index (χ1) is 12.2. The van der Waals surface area contributed by atoms with Crippen molar-refractivity contribution in [3.63, 3.8) is 0 Å². The van der Waals surface area contributed by atoms with E-state index in [1.165, 1.54) is 18.9 Å². The zero-order chi connectivity index (χ0) is 17.8. The van der Waals surface area contributed by atoms with Gasteiger partial charge in [-0.2, -0.15) is 0 Å². The van der Waals surface area contributed by atoms with E-state index < -0.39 is 0 Å². The number of benzene rings is 1. The molecular weight excluding hydrogens is 342 g/mol. The number of thioether (sulfide) groups is 1. The van der Waals surface area contributed by atoms with Crippen LogP contribution in [0.1, 0.15) is 0 Å². The minimum Gasteiger partial charge on any atom is -0.493 e. The smallest absolute Gasteiger partial charge is 0.316 e. The Kier molecular flexibility index (Phi) is 5.08. The molecule has 0 amide bonds. The van der Waals surface area contributed by atoms with Gasteiger partial charge in [-0.1, -0.05) is 11.8 Å². The van der Waals surface area contributed by atoms with Crippen LogP contribution in [0.5, 0.6) is 11.5 Å². The minimum absolute atomic E-state index is 0.173. The molecule has 25 heavy (non-hydrogen) atoms. The second-order valence-corrected chi connectivity index (χ2v) is 5.96. The SMILES string of the molecule is COC(=O)CSc1nc(-c2ccc(OC)c(OC)c2)cc2nccn12. The summed E-state index contributed by atoms with van der Waals surface area (Å²) in [4.78, 5) is 20.4. The first-order valence-corrected chi connectivity index (χ1v) is 8.41. The largest absolute Gasteiger partial charge is 0.493 e. The lowest BCUT2D eigenvalue weighted by Crippen LogP contribution is -2.05. The second-order valence-electron chi connectivity index (χ2n) is 5.01. The lowest BCUT2D eigenvalue weighted by atomic mass is 10.1. The van der Waals surface area contributed by atoms with Crippen LogP contribution in [-0.2, 0) is 9.53 Å². The van der Waals surface area contributed by atoms with Crippen molar-refractivity contribution in [1.82, 2.24) is 14.4 Å². The van der Waals surface area contributed by atoms with Crippen LogP contribution in [0.2, 0.25) is 0 Å². The average Bonchev–Trinajstić information content (AvgIpc) is 3.13. The summed E-state index contributed by atoms with van der Waals surface area (Å²) in [6.07, 6.45) is 3.50. The second kappa shape index (κ2) is 7.43. The van der Waals surface area contributed by atoms with E-state index in [2.05, 4.69) is 9.97 Å². The van der Waals surface area contributed by atoms with Gasteiger partial charge in [-0.3, -0.25) is 9.20 Å². The number of carbonyl (C=O) groups is 1. The van der Waals surface area contributed by atoms with Gasteiger partial charge in [-0.15, -0.1) is 0 Å². The number of esters is 1. The number of carbonyl (C=O) groups excluding carboxylic acids is 1. The number of hydrogen-bond acceptors (Lipinski definition) is 7. The number of fused-ring (bicyclic) bond motifs is 1. The van der Waals surface area contributed by atoms with Gasteiger partial charge in [0.1, 0.15) is 5.65 Å². The van der Waals surface area contributed by atoms with Gasteiger partial charge in [0.15, 0.2) is 16.7 Å². The Balaban J connectivity index is 2.03. The molecule has 3 rings (SSSR count). The highest BCUT2D eigenvalue weighted by Crippen LogP contribution is 2.32. The topological polar surface area (TPSA) is 75.0 Å². The quantitative estimate of drug-likeness (QED) is 0.380. The Morgan fingerprint density at radius 3 is 2.68 bits per heavy atom. The van der Waals surface area contributed by atoms with Gasteiger partial charge in [0.25, 0.3) is 0 Å². The molecule has 0 unspecified atom stereocenters. The molecule has 0 atom stereocenters. The van der Waals surface area contributed by atoms with Crippen LogP contribution in [0.15, 0.2) is 41.8 Å². The van der Waals surface area contributed by atoms with Crippen molar-refractivity contribution < 1.29 is 19.0 Å². The summed E-state index contributed by atoms with van der Waals surface area (Å²) in [5.41, 5.74) is 2.34. The molecule has 130 valence electrons. The van der Waals surface area contributed by atoms with Gasteiger partial charge in [-0.25, -0.2) is 9.97 Å². The van der Waals surface area contributed by atoms with E-state index >= 15 is 0 Å². The van der Waals surface area contributed by atoms with Crippen molar-refractivity contribution in [3.8, 4) is 22.8 Å². The molecular formula is C17H17N3O4S. The van der Waals surface area contributed by atoms with Gasteiger partial charge in [0.05, 0.1) is 32.8 Å². The molecule has 0 saturated carbocycles. The Bertz CT molecular complexity index is 910. The molecule has 0 radical (unpaired) electrons. The summed E-state index contributed by atoms with van der Waals surface area (Å²) < 4.78 is 17.1. The van der Waals surface area contributed by atoms with Crippen molar-refractivity contribution in [2.24, 2.45) is 0 Å². The molecule has 8 heteroatoms. The Labute approximate surface area is 148 Å². The maximum atomic E-state index is 11.4. The van der Waals surface area contributed by atoms with E-state index in [0.717, 1.165) is 16.9 Å². The predicted molar refractivity (Wildman–Crippen MR) is 94.3 cm³/mol. The van der Waals surface area contributed by atoms with E-state index in [9.17, 15) is 4.79 Å². The van der Waals surface area contributed by atoms with Crippen LogP contribution in [0.3, 0.4) is 0 Å². The van der Waals surface area contributed by atoms with Crippen molar-refractivity contribution in [1.29, 1.82) is 0 Å². The third-order valence-electron chi connectivity index (χ3n) is 3.58. The van der Waals surface area contributed by atoms with E-state index in [1.807, 2.05) is 28.7 Å². The average molecular weight is 359 g/mol. The monoisotopic (exact) mass is 359 g/mol. The molecule has 2 aromatic heterocycles. The summed E-state index contributed by atoms with van der Waals surface area (Å²) in [7, 11) is 4.54. The van der Waals surface area contributed by atoms with Gasteiger partial charge in [0, 0.05) is 24.0 Å². The number of hydrogen-bond donors (Lipinski definition) is 0. The molecule has 0 saturated heterocycles. The number of methoxy groups -OCH3 is 3. The molecule has 0 aliphatic rings. The lowest BCUT2D eigenvalue weighted by Gasteiger charge is -2.11. The van der Waals surface area contributed by atoms with Crippen LogP contribution in [-0.4, -0.2) is 47.4 Å². The lowest BCUT2D eigenvalue weighted by molar-refractivity contribution is -0.137. The zero-order valence-corrected chi connectivity index (χ0v) is 14.9. The molecule has 2 heterocycles. The standard InChI is InChI=1S/C17H17N3O4S/c1-22-13-5-4-11(8-14(13)23-2)12-9-15-18-6-7-20(15)17(19-12)25-10-16(21)24-3/h4-9H,10H2,1-3H3. The molecule has 7 nitrogen and oxygen atoms in total. The molecule has 0 fully saturated rings. The van der Waals surface area contributed by atoms with Crippen molar-refractivity contribution in [2.45, 2.75) is 5.16 Å². The fraction of sp³-hybridized carbons (Fsp3) is 0.235. The molecule has 0 aliphatic carbocycles. The first kappa shape index (κ1) is 17.1. The molecule has 0 spiro atoms. The van der Waals surface area contributed by atoms with Crippen molar-refractivity contribution in [2.75, 3.05) is 27.1 Å². The fourth-order valence-electron chi connectivity index (χ4n) is 2.32. The van der Waals surface area contributed by atoms with Crippen LogP contribution in [0.25, 0.3) is 16.9 Å². The predicted octanol–water partition coefficient (Wildman–Crippen LogP) is 2.68. The minimum atomic E-state index is -0.309. The summed E-state index contributed by atoms with van der Waals surface area (Å²) >= 11 is 1.30. The highest BCUT2D eigenvalue weighted by atomic mass is 32.2. The van der Waals surface area contributed by atoms with Crippen molar-refractivity contribution in [3.05, 3.63) is 36.7 Å². The van der Waals surface area contributed by atoms with E-state index in [4.69, 9.17) is 14.2 Å². The van der Waals surface area contributed by atoms with Crippen LogP contribution in [0, 0.1) is 0 Å². The van der Waals surface area contributed by atoms with E-state index in [1.54, 1.807) is 26.6 Å². The van der Waals surface area contributed by atoms with Gasteiger partial charge < -0.3 is 14.2 Å². The highest BCUT2D eigenvalue weighted by Gasteiger charge is 2.13. The molecule has 0 N–H and O–H groups in total. The van der Waals surface area contributed by atoms with Crippen LogP contribution >= 0.6 is 11.8 Å². The van der Waals surface area contributed by atoms with Gasteiger partial charge in [-0.05, 0) is 18.2 Å². The third kappa shape index (κ3) is 3.53. The molecule has 3 aromatic rings. The number of nitrogens with zero attached hydrogens (tertiary/aromatic N) is 3. The Morgan fingerprint density at radius 1 is 1.16 bits per heavy atom. The maximum Gasteiger partial charge on any atom is 0.316 e. The summed E-state index contributed by atoms with van der Waals surface area (Å²) in [5.74, 6) is 1.13. The van der Waals surface area contributed by atoms with E-state index in [-0.39, 0.29) is 11.7 Å². The van der Waals surface area contributed by atoms with Gasteiger partial charge >= 0.3 is 5.97 Å². The van der Waals surface area contributed by atoms with Crippen LogP contribution < -0.4 is 9.47 Å². The normalized spacial score (nSPS) is 10.7. The third-order valence-corrected chi connectivity index (χ3v) is 4.51. The number of aromatic nitrogens is 3. The molecule has 0 aliphatic heterocycles. The van der Waals surface area contributed by atoms with Gasteiger partial charge in [0.2, 0.25) is 0 Å². The molecule has 0 bridgehead atoms. The Hall–Kier alpha value is -2.74. The number of rotatable bonds is 6. The summed E-state index contributed by atoms with van der Waals surface area (Å²) in [6.45, 7) is 0. The fourth-order valence-corrected chi connectivity index (χ4v) is 3.14. The van der Waals surface area contributed by atoms with Crippen LogP contribution in [0.4, 0.5) is 0 Å².